The van der Waals surface area contributed by atoms with E-state index in [0.717, 1.165) is 41.6 Å². The van der Waals surface area contributed by atoms with Crippen LogP contribution in [0.1, 0.15) is 12.1 Å². The minimum atomic E-state index is 0.847. The van der Waals surface area contributed by atoms with Gasteiger partial charge in [0, 0.05) is 19.6 Å². The molecule has 1 aromatic heterocycles. The number of para-hydroxylation sites is 1. The van der Waals surface area contributed by atoms with E-state index in [-0.39, 0.29) is 0 Å². The Bertz CT molecular complexity index is 685. The Morgan fingerprint density at radius 3 is 2.45 bits per heavy atom. The second-order valence-corrected chi connectivity index (χ2v) is 6.93. The Morgan fingerprint density at radius 2 is 1.73 bits per heavy atom. The zero-order valence-corrected chi connectivity index (χ0v) is 12.5. The van der Waals surface area contributed by atoms with Gasteiger partial charge in [-0.1, -0.05) is 30.4 Å². The van der Waals surface area contributed by atoms with E-state index in [1.54, 1.807) is 4.80 Å². The van der Waals surface area contributed by atoms with Gasteiger partial charge in [0.2, 0.25) is 0 Å². The molecule has 2 aliphatic carbocycles. The SMILES string of the molecule is C1=CC2CC1[C@H]1CN(Cc3cnn(-c4ccccc4)n3)C[C@@H]21. The summed E-state index contributed by atoms with van der Waals surface area (Å²) in [6.45, 7) is 3.39. The van der Waals surface area contributed by atoms with Crippen LogP contribution in [0.3, 0.4) is 0 Å². The van der Waals surface area contributed by atoms with Gasteiger partial charge in [-0.2, -0.15) is 15.0 Å². The molecule has 3 aliphatic rings. The first-order valence-corrected chi connectivity index (χ1v) is 8.24. The van der Waals surface area contributed by atoms with Crippen molar-refractivity contribution in [3.63, 3.8) is 0 Å². The summed E-state index contributed by atoms with van der Waals surface area (Å²) in [5.74, 6) is 3.47. The molecule has 112 valence electrons. The molecule has 2 heterocycles. The van der Waals surface area contributed by atoms with Crippen LogP contribution in [-0.4, -0.2) is 33.0 Å². The lowest BCUT2D eigenvalue weighted by atomic mass is 9.86. The summed E-state index contributed by atoms with van der Waals surface area (Å²) in [5.41, 5.74) is 2.10. The lowest BCUT2D eigenvalue weighted by molar-refractivity contribution is 0.287. The summed E-state index contributed by atoms with van der Waals surface area (Å²) in [4.78, 5) is 4.30. The number of benzene rings is 1. The Labute approximate surface area is 130 Å². The molecule has 4 atom stereocenters. The molecule has 2 bridgehead atoms. The van der Waals surface area contributed by atoms with E-state index in [9.17, 15) is 0 Å². The van der Waals surface area contributed by atoms with Crippen molar-refractivity contribution in [2.75, 3.05) is 13.1 Å². The molecule has 1 saturated carbocycles. The predicted octanol–water partition coefficient (Wildman–Crippen LogP) is 2.52. The first-order chi connectivity index (χ1) is 10.9. The maximum atomic E-state index is 4.64. The number of fused-ring (bicyclic) bond motifs is 5. The average molecular weight is 292 g/mol. The van der Waals surface area contributed by atoms with E-state index in [0.29, 0.717) is 0 Å². The fourth-order valence-electron chi connectivity index (χ4n) is 4.65. The number of likely N-dealkylation sites (tertiary alicyclic amines) is 1. The summed E-state index contributed by atoms with van der Waals surface area (Å²) >= 11 is 0. The quantitative estimate of drug-likeness (QED) is 0.815. The van der Waals surface area contributed by atoms with Gasteiger partial charge in [-0.25, -0.2) is 0 Å². The average Bonchev–Trinajstić information content (AvgIpc) is 3.30. The molecule has 0 amide bonds. The Hall–Kier alpha value is -1.94. The smallest absolute Gasteiger partial charge is 0.0971 e. The van der Waals surface area contributed by atoms with Crippen LogP contribution in [0.4, 0.5) is 0 Å². The number of rotatable bonds is 3. The molecule has 4 nitrogen and oxygen atoms in total. The van der Waals surface area contributed by atoms with Crippen LogP contribution in [0.2, 0.25) is 0 Å². The van der Waals surface area contributed by atoms with Crippen molar-refractivity contribution in [1.29, 1.82) is 0 Å². The van der Waals surface area contributed by atoms with Gasteiger partial charge in [0.25, 0.3) is 0 Å². The first-order valence-electron chi connectivity index (χ1n) is 8.24. The molecule has 1 aromatic carbocycles. The lowest BCUT2D eigenvalue weighted by Gasteiger charge is -2.17. The van der Waals surface area contributed by atoms with Gasteiger partial charge in [0.05, 0.1) is 17.6 Å². The Morgan fingerprint density at radius 1 is 1.00 bits per heavy atom. The molecule has 2 aromatic rings. The van der Waals surface area contributed by atoms with Crippen LogP contribution in [0.15, 0.2) is 48.7 Å². The molecule has 5 rings (SSSR count). The van der Waals surface area contributed by atoms with Crippen LogP contribution in [0.5, 0.6) is 0 Å². The standard InChI is InChI=1S/C18H20N4/c1-2-4-16(5-3-1)22-19-9-15(20-22)10-21-11-17-13-6-7-14(8-13)18(17)12-21/h1-7,9,13-14,17-18H,8,10-12H2/t13?,14?,17-,18+. The van der Waals surface area contributed by atoms with E-state index in [4.69, 9.17) is 0 Å². The highest BCUT2D eigenvalue weighted by atomic mass is 15.5. The fraction of sp³-hybridized carbons (Fsp3) is 0.444. The monoisotopic (exact) mass is 292 g/mol. The van der Waals surface area contributed by atoms with Gasteiger partial charge in [0.15, 0.2) is 0 Å². The van der Waals surface area contributed by atoms with Crippen molar-refractivity contribution in [2.45, 2.75) is 13.0 Å². The number of hydrogen-bond acceptors (Lipinski definition) is 3. The van der Waals surface area contributed by atoms with E-state index >= 15 is 0 Å². The molecule has 0 N–H and O–H groups in total. The molecule has 0 radical (unpaired) electrons. The fourth-order valence-corrected chi connectivity index (χ4v) is 4.65. The van der Waals surface area contributed by atoms with Crippen molar-refractivity contribution in [3.8, 4) is 5.69 Å². The van der Waals surface area contributed by atoms with Gasteiger partial charge in [-0.3, -0.25) is 4.90 Å². The second-order valence-electron chi connectivity index (χ2n) is 6.93. The van der Waals surface area contributed by atoms with Crippen LogP contribution >= 0.6 is 0 Å². The number of hydrogen-bond donors (Lipinski definition) is 0. The number of allylic oxidation sites excluding steroid dienone is 2. The highest BCUT2D eigenvalue weighted by Gasteiger charge is 2.48. The highest BCUT2D eigenvalue weighted by Crippen LogP contribution is 2.51. The van der Waals surface area contributed by atoms with Crippen molar-refractivity contribution in [2.24, 2.45) is 23.7 Å². The van der Waals surface area contributed by atoms with Crippen molar-refractivity contribution >= 4 is 0 Å². The minimum Gasteiger partial charge on any atom is -0.297 e. The van der Waals surface area contributed by atoms with Gasteiger partial charge >= 0.3 is 0 Å². The zero-order valence-electron chi connectivity index (χ0n) is 12.5. The van der Waals surface area contributed by atoms with Crippen LogP contribution in [-0.2, 0) is 6.54 Å². The van der Waals surface area contributed by atoms with Gasteiger partial charge in [0.1, 0.15) is 0 Å². The normalized spacial score (nSPS) is 32.7. The maximum absolute atomic E-state index is 4.64. The van der Waals surface area contributed by atoms with Crippen LogP contribution in [0, 0.1) is 23.7 Å². The van der Waals surface area contributed by atoms with Gasteiger partial charge < -0.3 is 0 Å². The Kier molecular flexibility index (Phi) is 2.74. The van der Waals surface area contributed by atoms with E-state index in [1.807, 2.05) is 36.5 Å². The third-order valence-corrected chi connectivity index (χ3v) is 5.65. The third-order valence-electron chi connectivity index (χ3n) is 5.65. The summed E-state index contributed by atoms with van der Waals surface area (Å²) in [5, 5.41) is 9.05. The second kappa shape index (κ2) is 4.78. The van der Waals surface area contributed by atoms with Crippen molar-refractivity contribution in [3.05, 3.63) is 54.4 Å². The molecule has 1 aliphatic heterocycles. The molecular weight excluding hydrogens is 272 g/mol. The van der Waals surface area contributed by atoms with E-state index in [2.05, 4.69) is 27.2 Å². The van der Waals surface area contributed by atoms with Crippen LogP contribution < -0.4 is 0 Å². The zero-order chi connectivity index (χ0) is 14.5. The molecule has 2 unspecified atom stereocenters. The number of aromatic nitrogens is 3. The third kappa shape index (κ3) is 1.94. The van der Waals surface area contributed by atoms with Crippen LogP contribution in [0.25, 0.3) is 5.69 Å². The summed E-state index contributed by atoms with van der Waals surface area (Å²) in [6, 6.07) is 10.1. The molecule has 0 spiro atoms. The molecule has 2 fully saturated rings. The molecule has 4 heteroatoms. The minimum absolute atomic E-state index is 0.847. The molecule has 22 heavy (non-hydrogen) atoms. The predicted molar refractivity (Wildman–Crippen MR) is 84.4 cm³/mol. The Balaban J connectivity index is 1.29. The lowest BCUT2D eigenvalue weighted by Crippen LogP contribution is -2.22. The topological polar surface area (TPSA) is 34.0 Å². The van der Waals surface area contributed by atoms with E-state index in [1.165, 1.54) is 19.5 Å². The molecular formula is C18H20N4. The largest absolute Gasteiger partial charge is 0.297 e. The summed E-state index contributed by atoms with van der Waals surface area (Å²) in [7, 11) is 0. The summed E-state index contributed by atoms with van der Waals surface area (Å²) < 4.78 is 0. The number of nitrogens with zero attached hydrogens (tertiary/aromatic N) is 4. The maximum Gasteiger partial charge on any atom is 0.0971 e. The molecule has 1 saturated heterocycles. The highest BCUT2D eigenvalue weighted by molar-refractivity contribution is 5.28. The van der Waals surface area contributed by atoms with E-state index < -0.39 is 0 Å². The van der Waals surface area contributed by atoms with Gasteiger partial charge in [-0.15, -0.1) is 0 Å². The van der Waals surface area contributed by atoms with Gasteiger partial charge in [-0.05, 0) is 42.2 Å². The van der Waals surface area contributed by atoms with Crippen molar-refractivity contribution in [1.82, 2.24) is 19.9 Å². The first kappa shape index (κ1) is 12.6. The van der Waals surface area contributed by atoms with Crippen molar-refractivity contribution < 1.29 is 0 Å². The summed E-state index contributed by atoms with van der Waals surface area (Å²) in [6.07, 6.45) is 8.24.